The highest BCUT2D eigenvalue weighted by Gasteiger charge is 2.45. The van der Waals surface area contributed by atoms with E-state index in [4.69, 9.17) is 0 Å². The second-order valence-corrected chi connectivity index (χ2v) is 5.56. The van der Waals surface area contributed by atoms with Crippen LogP contribution in [-0.4, -0.2) is 34.1 Å². The maximum absolute atomic E-state index is 12.3. The molecular weight excluding hydrogens is 256 g/mol. The average molecular weight is 276 g/mol. The van der Waals surface area contributed by atoms with Crippen LogP contribution in [0.3, 0.4) is 0 Å². The van der Waals surface area contributed by atoms with Gasteiger partial charge in [0.05, 0.1) is 0 Å². The van der Waals surface area contributed by atoms with Crippen LogP contribution in [0.5, 0.6) is 0 Å². The summed E-state index contributed by atoms with van der Waals surface area (Å²) in [5, 5.41) is 12.1. The first-order valence-corrected chi connectivity index (χ1v) is 6.74. The molecule has 1 saturated heterocycles. The van der Waals surface area contributed by atoms with Gasteiger partial charge in [-0.15, -0.1) is 0 Å². The van der Waals surface area contributed by atoms with Crippen LogP contribution in [0.1, 0.15) is 30.9 Å². The number of carboxylic acids is 1. The van der Waals surface area contributed by atoms with E-state index in [2.05, 4.69) is 5.32 Å². The molecule has 2 amide bonds. The van der Waals surface area contributed by atoms with Gasteiger partial charge in [0.1, 0.15) is 5.54 Å². The molecule has 1 heterocycles. The summed E-state index contributed by atoms with van der Waals surface area (Å²) in [4.78, 5) is 25.1. The maximum Gasteiger partial charge on any atom is 0.329 e. The Bertz CT molecular complexity index is 556. The Labute approximate surface area is 118 Å². The number of hydrogen-bond acceptors (Lipinski definition) is 2. The Hall–Kier alpha value is -2.04. The fraction of sp³-hybridized carbons (Fsp3) is 0.467. The van der Waals surface area contributed by atoms with E-state index < -0.39 is 11.5 Å². The molecular formula is C15H20N2O3. The van der Waals surface area contributed by atoms with Crippen molar-refractivity contribution in [3.05, 3.63) is 29.3 Å². The van der Waals surface area contributed by atoms with Gasteiger partial charge in [-0.2, -0.15) is 0 Å². The van der Waals surface area contributed by atoms with Gasteiger partial charge in [-0.3, -0.25) is 0 Å². The number of carboxylic acid groups (broad SMARTS) is 1. The highest BCUT2D eigenvalue weighted by atomic mass is 16.4. The number of likely N-dealkylation sites (tertiary alicyclic amines) is 1. The van der Waals surface area contributed by atoms with Crippen LogP contribution in [-0.2, 0) is 4.79 Å². The summed E-state index contributed by atoms with van der Waals surface area (Å²) in [7, 11) is 0. The molecule has 1 aliphatic heterocycles. The number of nitrogens with zero attached hydrogens (tertiary/aromatic N) is 1. The number of benzene rings is 1. The van der Waals surface area contributed by atoms with Gasteiger partial charge < -0.3 is 15.3 Å². The van der Waals surface area contributed by atoms with Crippen molar-refractivity contribution in [3.8, 4) is 0 Å². The normalized spacial score (nSPS) is 21.9. The van der Waals surface area contributed by atoms with E-state index in [1.54, 1.807) is 6.92 Å². The predicted molar refractivity (Wildman–Crippen MR) is 76.9 cm³/mol. The molecule has 5 nitrogen and oxygen atoms in total. The molecule has 0 saturated carbocycles. The predicted octanol–water partition coefficient (Wildman–Crippen LogP) is 2.77. The monoisotopic (exact) mass is 276 g/mol. The molecule has 0 radical (unpaired) electrons. The number of urea groups is 1. The highest BCUT2D eigenvalue weighted by molar-refractivity contribution is 5.94. The van der Waals surface area contributed by atoms with Gasteiger partial charge in [-0.1, -0.05) is 6.07 Å². The largest absolute Gasteiger partial charge is 0.480 e. The van der Waals surface area contributed by atoms with Gasteiger partial charge in [0.25, 0.3) is 0 Å². The number of anilines is 1. The summed E-state index contributed by atoms with van der Waals surface area (Å²) in [6.45, 7) is 6.05. The van der Waals surface area contributed by atoms with E-state index in [9.17, 15) is 14.7 Å². The third-order valence-electron chi connectivity index (χ3n) is 4.11. The number of aliphatic carboxylic acids is 1. The minimum Gasteiger partial charge on any atom is -0.480 e. The van der Waals surface area contributed by atoms with Crippen molar-refractivity contribution in [1.29, 1.82) is 0 Å². The lowest BCUT2D eigenvalue weighted by Gasteiger charge is -2.31. The van der Waals surface area contributed by atoms with Crippen LogP contribution < -0.4 is 5.32 Å². The van der Waals surface area contributed by atoms with E-state index in [1.807, 2.05) is 32.0 Å². The van der Waals surface area contributed by atoms with E-state index in [0.717, 1.165) is 11.1 Å². The van der Waals surface area contributed by atoms with Crippen LogP contribution >= 0.6 is 0 Å². The number of nitrogens with one attached hydrogen (secondary N) is 1. The molecule has 0 aromatic heterocycles. The molecule has 20 heavy (non-hydrogen) atoms. The molecule has 0 aliphatic carbocycles. The van der Waals surface area contributed by atoms with Gasteiger partial charge in [-0.25, -0.2) is 9.59 Å². The molecule has 1 atom stereocenters. The van der Waals surface area contributed by atoms with Gasteiger partial charge >= 0.3 is 12.0 Å². The Morgan fingerprint density at radius 2 is 2.00 bits per heavy atom. The van der Waals surface area contributed by atoms with E-state index >= 15 is 0 Å². The topological polar surface area (TPSA) is 69.6 Å². The van der Waals surface area contributed by atoms with E-state index in [-0.39, 0.29) is 6.03 Å². The molecule has 108 valence electrons. The van der Waals surface area contributed by atoms with Crippen LogP contribution in [0.15, 0.2) is 18.2 Å². The summed E-state index contributed by atoms with van der Waals surface area (Å²) in [6.07, 6.45) is 1.20. The molecule has 0 spiro atoms. The van der Waals surface area contributed by atoms with Crippen molar-refractivity contribution in [2.24, 2.45) is 0 Å². The molecule has 1 aliphatic rings. The zero-order chi connectivity index (χ0) is 14.9. The lowest BCUT2D eigenvalue weighted by molar-refractivity contribution is -0.146. The summed E-state index contributed by atoms with van der Waals surface area (Å²) >= 11 is 0. The van der Waals surface area contributed by atoms with Crippen molar-refractivity contribution < 1.29 is 14.7 Å². The second-order valence-electron chi connectivity index (χ2n) is 5.56. The quantitative estimate of drug-likeness (QED) is 0.872. The first kappa shape index (κ1) is 14.4. The van der Waals surface area contributed by atoms with Gasteiger partial charge in [-0.05, 0) is 56.9 Å². The SMILES string of the molecule is Cc1ccc(NC(=O)N2CCCC2(C)C(=O)O)cc1C. The third kappa shape index (κ3) is 2.48. The Morgan fingerprint density at radius 1 is 1.30 bits per heavy atom. The first-order chi connectivity index (χ1) is 9.34. The number of hydrogen-bond donors (Lipinski definition) is 2. The molecule has 5 heteroatoms. The summed E-state index contributed by atoms with van der Waals surface area (Å²) in [5.74, 6) is -0.953. The lowest BCUT2D eigenvalue weighted by Crippen LogP contribution is -2.52. The highest BCUT2D eigenvalue weighted by Crippen LogP contribution is 2.30. The van der Waals surface area contributed by atoms with Gasteiger partial charge in [0, 0.05) is 12.2 Å². The lowest BCUT2D eigenvalue weighted by atomic mass is 10.00. The maximum atomic E-state index is 12.3. The second kappa shape index (κ2) is 5.15. The minimum atomic E-state index is -1.11. The standard InChI is InChI=1S/C15H20N2O3/c1-10-5-6-12(9-11(10)2)16-14(20)17-8-4-7-15(17,3)13(18)19/h5-6,9H,4,7-8H2,1-3H3,(H,16,20)(H,18,19). The van der Waals surface area contributed by atoms with Gasteiger partial charge in [0.15, 0.2) is 0 Å². The van der Waals surface area contributed by atoms with E-state index in [1.165, 1.54) is 4.90 Å². The average Bonchev–Trinajstić information content (AvgIpc) is 2.77. The van der Waals surface area contributed by atoms with Crippen LogP contribution in [0.2, 0.25) is 0 Å². The molecule has 1 unspecified atom stereocenters. The molecule has 0 bridgehead atoms. The minimum absolute atomic E-state index is 0.351. The Balaban J connectivity index is 2.15. The van der Waals surface area contributed by atoms with E-state index in [0.29, 0.717) is 25.1 Å². The Kier molecular flexibility index (Phi) is 3.70. The smallest absolute Gasteiger partial charge is 0.329 e. The summed E-state index contributed by atoms with van der Waals surface area (Å²) < 4.78 is 0. The Morgan fingerprint density at radius 3 is 2.60 bits per heavy atom. The first-order valence-electron chi connectivity index (χ1n) is 6.74. The number of amides is 2. The van der Waals surface area contributed by atoms with Gasteiger partial charge in [0.2, 0.25) is 0 Å². The van der Waals surface area contributed by atoms with Crippen molar-refractivity contribution in [2.45, 2.75) is 39.2 Å². The van der Waals surface area contributed by atoms with Crippen LogP contribution in [0.4, 0.5) is 10.5 Å². The zero-order valence-corrected chi connectivity index (χ0v) is 12.1. The summed E-state index contributed by atoms with van der Waals surface area (Å²) in [5.41, 5.74) is 1.83. The molecule has 2 rings (SSSR count). The molecule has 2 N–H and O–H groups in total. The number of carbonyl (C=O) groups excluding carboxylic acids is 1. The van der Waals surface area contributed by atoms with Crippen molar-refractivity contribution in [3.63, 3.8) is 0 Å². The number of carbonyl (C=O) groups is 2. The number of aryl methyl sites for hydroxylation is 2. The van der Waals surface area contributed by atoms with Crippen molar-refractivity contribution in [2.75, 3.05) is 11.9 Å². The third-order valence-corrected chi connectivity index (χ3v) is 4.11. The zero-order valence-electron chi connectivity index (χ0n) is 12.1. The van der Waals surface area contributed by atoms with Crippen LogP contribution in [0, 0.1) is 13.8 Å². The van der Waals surface area contributed by atoms with Crippen molar-refractivity contribution in [1.82, 2.24) is 4.90 Å². The van der Waals surface area contributed by atoms with Crippen LogP contribution in [0.25, 0.3) is 0 Å². The summed E-state index contributed by atoms with van der Waals surface area (Å²) in [6, 6.07) is 5.30. The molecule has 1 fully saturated rings. The fourth-order valence-corrected chi connectivity index (χ4v) is 2.52. The number of rotatable bonds is 2. The fourth-order valence-electron chi connectivity index (χ4n) is 2.52. The molecule has 1 aromatic rings. The molecule has 1 aromatic carbocycles. The van der Waals surface area contributed by atoms with Crippen molar-refractivity contribution >= 4 is 17.7 Å².